The number of thiazole rings is 1. The van der Waals surface area contributed by atoms with Gasteiger partial charge in [-0.1, -0.05) is 56.4 Å². The maximum Gasteiger partial charge on any atom is 0.278 e. The Kier molecular flexibility index (Phi) is 8.96. The molecule has 6 nitrogen and oxygen atoms in total. The summed E-state index contributed by atoms with van der Waals surface area (Å²) in [5.74, 6) is 0.709. The highest BCUT2D eigenvalue weighted by atomic mass is 32.1. The number of methoxy groups -OCH3 is 1. The predicted octanol–water partition coefficient (Wildman–Crippen LogP) is 6.30. The molecule has 4 aromatic rings. The van der Waals surface area contributed by atoms with E-state index < -0.39 is 0 Å². The number of nitrogens with zero attached hydrogens (tertiary/aromatic N) is 3. The van der Waals surface area contributed by atoms with E-state index in [4.69, 9.17) is 29.2 Å². The van der Waals surface area contributed by atoms with Crippen LogP contribution in [-0.4, -0.2) is 45.8 Å². The van der Waals surface area contributed by atoms with Gasteiger partial charge in [0.1, 0.15) is 16.1 Å². The minimum absolute atomic E-state index is 0.180. The second kappa shape index (κ2) is 11.7. The molecule has 2 aromatic carbocycles. The van der Waals surface area contributed by atoms with Crippen LogP contribution in [0.15, 0.2) is 53.3 Å². The standard InChI is InChI=1S/C19H15N3O2S3.C6H15N/c1-11-6-3-4-9-14(11)22-17(23)15-16(20-18(22)25)21(19(26)27-15)12-7-5-8-13(10-12)24-2;1-4-7(5-2)6-3/h3-10H,1-2H3,(H,20,25);4-6H2,1-3H3. The van der Waals surface area contributed by atoms with E-state index in [0.717, 1.165) is 16.9 Å². The number of para-hydroxylation sites is 1. The molecule has 4 rings (SSSR count). The second-order valence-electron chi connectivity index (χ2n) is 7.56. The van der Waals surface area contributed by atoms with Gasteiger partial charge >= 0.3 is 0 Å². The van der Waals surface area contributed by atoms with Crippen LogP contribution < -0.4 is 10.3 Å². The summed E-state index contributed by atoms with van der Waals surface area (Å²) in [6.45, 7) is 12.1. The fourth-order valence-corrected chi connectivity index (χ4v) is 5.28. The van der Waals surface area contributed by atoms with Gasteiger partial charge in [0.05, 0.1) is 18.5 Å². The number of rotatable bonds is 6. The van der Waals surface area contributed by atoms with Crippen molar-refractivity contribution in [3.63, 3.8) is 0 Å². The molecule has 0 saturated heterocycles. The molecule has 34 heavy (non-hydrogen) atoms. The minimum atomic E-state index is -0.180. The summed E-state index contributed by atoms with van der Waals surface area (Å²) in [6, 6.07) is 15.2. The van der Waals surface area contributed by atoms with Crippen LogP contribution in [0.5, 0.6) is 5.75 Å². The topological polar surface area (TPSA) is 55.2 Å². The number of aromatic amines is 1. The molecule has 0 aliphatic rings. The van der Waals surface area contributed by atoms with Crippen molar-refractivity contribution in [3.8, 4) is 17.1 Å². The summed E-state index contributed by atoms with van der Waals surface area (Å²) in [5, 5.41) is 0. The van der Waals surface area contributed by atoms with Crippen molar-refractivity contribution in [2.45, 2.75) is 27.7 Å². The lowest BCUT2D eigenvalue weighted by Gasteiger charge is -2.13. The zero-order valence-corrected chi connectivity index (χ0v) is 22.6. The van der Waals surface area contributed by atoms with Crippen LogP contribution >= 0.6 is 35.8 Å². The van der Waals surface area contributed by atoms with Gasteiger partial charge in [-0.15, -0.1) is 0 Å². The van der Waals surface area contributed by atoms with Gasteiger partial charge in [0.2, 0.25) is 0 Å². The number of hydrogen-bond donors (Lipinski definition) is 1. The lowest BCUT2D eigenvalue weighted by atomic mass is 10.2. The van der Waals surface area contributed by atoms with E-state index in [1.54, 1.807) is 7.11 Å². The maximum atomic E-state index is 13.2. The minimum Gasteiger partial charge on any atom is -0.497 e. The Bertz CT molecular complexity index is 1440. The van der Waals surface area contributed by atoms with Crippen LogP contribution in [0.1, 0.15) is 26.3 Å². The molecule has 0 spiro atoms. The first kappa shape index (κ1) is 26.0. The molecular formula is C25H30N4O2S3. The number of benzene rings is 2. The quantitative estimate of drug-likeness (QED) is 0.306. The number of hydrogen-bond acceptors (Lipinski definition) is 6. The molecule has 0 saturated carbocycles. The van der Waals surface area contributed by atoms with Crippen LogP contribution in [0.2, 0.25) is 0 Å². The van der Waals surface area contributed by atoms with Crippen LogP contribution in [-0.2, 0) is 0 Å². The molecule has 0 aliphatic heterocycles. The van der Waals surface area contributed by atoms with E-state index in [0.29, 0.717) is 24.8 Å². The van der Waals surface area contributed by atoms with E-state index in [2.05, 4.69) is 30.7 Å². The van der Waals surface area contributed by atoms with Gasteiger partial charge in [-0.3, -0.25) is 13.9 Å². The zero-order valence-electron chi connectivity index (χ0n) is 20.1. The third-order valence-corrected chi connectivity index (χ3v) is 7.29. The largest absolute Gasteiger partial charge is 0.497 e. The molecule has 1 N–H and O–H groups in total. The van der Waals surface area contributed by atoms with Crippen molar-refractivity contribution >= 4 is 46.1 Å². The molecule has 0 atom stereocenters. The Balaban J connectivity index is 0.000000406. The fourth-order valence-electron chi connectivity index (χ4n) is 3.67. The SMILES string of the molecule is CCN(CC)CC.COc1cccc(-n2c(=S)sc3c(=O)n(-c4ccccc4C)c(=S)[nH]c32)c1. The smallest absolute Gasteiger partial charge is 0.278 e. The Morgan fingerprint density at radius 3 is 2.26 bits per heavy atom. The van der Waals surface area contributed by atoms with Gasteiger partial charge in [-0.2, -0.15) is 0 Å². The Morgan fingerprint density at radius 2 is 1.68 bits per heavy atom. The number of fused-ring (bicyclic) bond motifs is 1. The van der Waals surface area contributed by atoms with Gasteiger partial charge in [0, 0.05) is 6.07 Å². The van der Waals surface area contributed by atoms with E-state index in [1.807, 2.05) is 60.0 Å². The van der Waals surface area contributed by atoms with Crippen LogP contribution in [0.4, 0.5) is 0 Å². The number of ether oxygens (including phenoxy) is 1. The molecule has 0 aliphatic carbocycles. The van der Waals surface area contributed by atoms with Crippen LogP contribution in [0, 0.1) is 15.6 Å². The highest BCUT2D eigenvalue weighted by Gasteiger charge is 2.16. The Morgan fingerprint density at radius 1 is 1.00 bits per heavy atom. The normalized spacial score (nSPS) is 10.9. The van der Waals surface area contributed by atoms with Crippen molar-refractivity contribution in [1.29, 1.82) is 0 Å². The number of H-pyrrole nitrogens is 1. The van der Waals surface area contributed by atoms with Gasteiger partial charge < -0.3 is 14.6 Å². The zero-order chi connectivity index (χ0) is 24.8. The lowest BCUT2D eigenvalue weighted by molar-refractivity contribution is 0.321. The molecule has 0 radical (unpaired) electrons. The average molecular weight is 515 g/mol. The molecule has 9 heteroatoms. The van der Waals surface area contributed by atoms with Crippen molar-refractivity contribution in [2.75, 3.05) is 26.7 Å². The molecule has 2 heterocycles. The van der Waals surface area contributed by atoms with Crippen LogP contribution in [0.3, 0.4) is 0 Å². The second-order valence-corrected chi connectivity index (χ2v) is 9.59. The van der Waals surface area contributed by atoms with Gasteiger partial charge in [0.25, 0.3) is 5.56 Å². The van der Waals surface area contributed by atoms with Gasteiger partial charge in [-0.25, -0.2) is 0 Å². The van der Waals surface area contributed by atoms with Gasteiger partial charge in [-0.05, 0) is 74.8 Å². The highest BCUT2D eigenvalue weighted by molar-refractivity contribution is 7.73. The monoisotopic (exact) mass is 514 g/mol. The maximum absolute atomic E-state index is 13.2. The van der Waals surface area contributed by atoms with E-state index in [9.17, 15) is 4.79 Å². The van der Waals surface area contributed by atoms with Crippen molar-refractivity contribution in [3.05, 3.63) is 73.2 Å². The van der Waals surface area contributed by atoms with Crippen LogP contribution in [0.25, 0.3) is 21.7 Å². The van der Waals surface area contributed by atoms with Gasteiger partial charge in [0.15, 0.2) is 8.73 Å². The summed E-state index contributed by atoms with van der Waals surface area (Å²) in [4.78, 5) is 18.8. The molecule has 0 bridgehead atoms. The summed E-state index contributed by atoms with van der Waals surface area (Å²) in [7, 11) is 1.61. The first-order valence-electron chi connectivity index (χ1n) is 11.2. The Labute approximate surface area is 214 Å². The molecule has 2 aromatic heterocycles. The first-order valence-corrected chi connectivity index (χ1v) is 12.8. The fraction of sp³-hybridized carbons (Fsp3) is 0.320. The third kappa shape index (κ3) is 5.38. The number of nitrogens with one attached hydrogen (secondary N) is 1. The summed E-state index contributed by atoms with van der Waals surface area (Å²) >= 11 is 12.3. The first-order chi connectivity index (χ1) is 16.4. The molecular weight excluding hydrogens is 485 g/mol. The third-order valence-electron chi connectivity index (χ3n) is 5.65. The molecule has 0 amide bonds. The van der Waals surface area contributed by atoms with Crippen molar-refractivity contribution in [1.82, 2.24) is 19.0 Å². The number of aromatic nitrogens is 3. The average Bonchev–Trinajstić information content (AvgIpc) is 3.17. The summed E-state index contributed by atoms with van der Waals surface area (Å²) in [5.41, 5.74) is 2.95. The highest BCUT2D eigenvalue weighted by Crippen LogP contribution is 2.26. The summed E-state index contributed by atoms with van der Waals surface area (Å²) in [6.07, 6.45) is 0. The van der Waals surface area contributed by atoms with E-state index in [-0.39, 0.29) is 5.56 Å². The van der Waals surface area contributed by atoms with E-state index in [1.165, 1.54) is 35.5 Å². The lowest BCUT2D eigenvalue weighted by Crippen LogP contribution is -2.21. The van der Waals surface area contributed by atoms with E-state index >= 15 is 0 Å². The molecule has 0 unspecified atom stereocenters. The van der Waals surface area contributed by atoms with Crippen molar-refractivity contribution in [2.24, 2.45) is 0 Å². The summed E-state index contributed by atoms with van der Waals surface area (Å²) < 4.78 is 10.1. The predicted molar refractivity (Wildman–Crippen MR) is 148 cm³/mol. The Hall–Kier alpha value is -2.59. The van der Waals surface area contributed by atoms with Crippen molar-refractivity contribution < 1.29 is 4.74 Å². The number of aryl methyl sites for hydroxylation is 1. The molecule has 0 fully saturated rings. The molecule has 180 valence electrons.